The van der Waals surface area contributed by atoms with Crippen molar-refractivity contribution in [3.63, 3.8) is 0 Å². The van der Waals surface area contributed by atoms with E-state index in [1.54, 1.807) is 0 Å². The molecule has 1 fully saturated rings. The second-order valence-electron chi connectivity index (χ2n) is 5.01. The third-order valence-electron chi connectivity index (χ3n) is 3.79. The number of nitrogens with zero attached hydrogens (tertiary/aromatic N) is 4. The van der Waals surface area contributed by atoms with Crippen LogP contribution in [0, 0.1) is 0 Å². The highest BCUT2D eigenvalue weighted by Gasteiger charge is 2.11. The predicted octanol–water partition coefficient (Wildman–Crippen LogP) is 1.59. The average Bonchev–Trinajstić information content (AvgIpc) is 2.87. The minimum Gasteiger partial charge on any atom is -0.353 e. The number of benzene rings is 1. The highest BCUT2D eigenvalue weighted by Crippen LogP contribution is 2.22. The molecule has 0 unspecified atom stereocenters. The van der Waals surface area contributed by atoms with Gasteiger partial charge < -0.3 is 10.2 Å². The molecule has 1 saturated heterocycles. The fourth-order valence-corrected chi connectivity index (χ4v) is 2.69. The van der Waals surface area contributed by atoms with Gasteiger partial charge in [-0.05, 0) is 24.3 Å². The molecule has 0 spiro atoms. The average molecular weight is 265 g/mol. The van der Waals surface area contributed by atoms with Crippen LogP contribution in [0.2, 0.25) is 0 Å². The molecule has 5 nitrogen and oxygen atoms in total. The molecule has 0 atom stereocenters. The van der Waals surface area contributed by atoms with Crippen LogP contribution in [-0.2, 0) is 0 Å². The molecular weight excluding hydrogens is 250 g/mol. The molecular formula is C15H15N5. The Bertz CT molecular complexity index is 764. The molecule has 3 aromatic rings. The van der Waals surface area contributed by atoms with E-state index >= 15 is 0 Å². The SMILES string of the molecule is c1cc2c(ccc3ccc(N4CCNCC4)nnc32)n1. The van der Waals surface area contributed by atoms with Crippen LogP contribution >= 0.6 is 0 Å². The number of fused-ring (bicyclic) bond motifs is 3. The van der Waals surface area contributed by atoms with Crippen LogP contribution in [-0.4, -0.2) is 41.4 Å². The molecule has 0 radical (unpaired) electrons. The topological polar surface area (TPSA) is 53.9 Å². The van der Waals surface area contributed by atoms with Crippen LogP contribution in [0.5, 0.6) is 0 Å². The Morgan fingerprint density at radius 1 is 0.950 bits per heavy atom. The molecule has 100 valence electrons. The molecule has 2 aromatic heterocycles. The van der Waals surface area contributed by atoms with Gasteiger partial charge in [-0.25, -0.2) is 0 Å². The minimum atomic E-state index is 0.918. The van der Waals surface area contributed by atoms with Crippen molar-refractivity contribution in [1.29, 1.82) is 0 Å². The molecule has 20 heavy (non-hydrogen) atoms. The highest BCUT2D eigenvalue weighted by atomic mass is 15.3. The Labute approximate surface area is 116 Å². The van der Waals surface area contributed by atoms with E-state index in [1.165, 1.54) is 0 Å². The van der Waals surface area contributed by atoms with Crippen molar-refractivity contribution in [2.75, 3.05) is 31.1 Å². The van der Waals surface area contributed by atoms with Gasteiger partial charge in [0.2, 0.25) is 0 Å². The van der Waals surface area contributed by atoms with Crippen LogP contribution in [0.15, 0.2) is 36.5 Å². The fourth-order valence-electron chi connectivity index (χ4n) is 2.69. The standard InChI is InChI=1S/C15H15N5/c1-3-13-12(5-6-17-13)15-11(1)2-4-14(18-19-15)20-9-7-16-8-10-20/h1-6,16H,7-10H2. The third-order valence-corrected chi connectivity index (χ3v) is 3.79. The summed E-state index contributed by atoms with van der Waals surface area (Å²) >= 11 is 0. The summed E-state index contributed by atoms with van der Waals surface area (Å²) in [6.07, 6.45) is 1.82. The second kappa shape index (κ2) is 4.68. The van der Waals surface area contributed by atoms with Gasteiger partial charge in [0.25, 0.3) is 0 Å². The lowest BCUT2D eigenvalue weighted by Gasteiger charge is -2.27. The van der Waals surface area contributed by atoms with Crippen molar-refractivity contribution >= 4 is 27.6 Å². The maximum atomic E-state index is 4.47. The molecule has 4 rings (SSSR count). The maximum absolute atomic E-state index is 4.47. The minimum absolute atomic E-state index is 0.918. The highest BCUT2D eigenvalue weighted by molar-refractivity contribution is 6.03. The van der Waals surface area contributed by atoms with E-state index in [4.69, 9.17) is 0 Å². The first-order valence-electron chi connectivity index (χ1n) is 6.89. The third kappa shape index (κ3) is 1.87. The van der Waals surface area contributed by atoms with Crippen LogP contribution in [0.1, 0.15) is 0 Å². The molecule has 0 aliphatic carbocycles. The molecule has 3 heterocycles. The number of aromatic nitrogens is 3. The van der Waals surface area contributed by atoms with E-state index in [0.717, 1.165) is 53.8 Å². The quantitative estimate of drug-likeness (QED) is 0.724. The van der Waals surface area contributed by atoms with Crippen molar-refractivity contribution in [3.05, 3.63) is 36.5 Å². The monoisotopic (exact) mass is 265 g/mol. The Morgan fingerprint density at radius 2 is 1.80 bits per heavy atom. The van der Waals surface area contributed by atoms with Gasteiger partial charge in [0, 0.05) is 43.1 Å². The maximum Gasteiger partial charge on any atom is 0.151 e. The second-order valence-corrected chi connectivity index (χ2v) is 5.01. The molecule has 0 saturated carbocycles. The van der Waals surface area contributed by atoms with E-state index in [-0.39, 0.29) is 0 Å². The fraction of sp³-hybridized carbons (Fsp3) is 0.267. The van der Waals surface area contributed by atoms with Gasteiger partial charge in [0.1, 0.15) is 5.52 Å². The number of rotatable bonds is 1. The van der Waals surface area contributed by atoms with E-state index in [2.05, 4.69) is 43.6 Å². The van der Waals surface area contributed by atoms with Crippen molar-refractivity contribution < 1.29 is 0 Å². The Balaban J connectivity index is 1.87. The van der Waals surface area contributed by atoms with Gasteiger partial charge in [-0.1, -0.05) is 6.07 Å². The van der Waals surface area contributed by atoms with Gasteiger partial charge in [0.15, 0.2) is 5.82 Å². The summed E-state index contributed by atoms with van der Waals surface area (Å²) in [5.41, 5.74) is 1.89. The zero-order valence-electron chi connectivity index (χ0n) is 11.1. The summed E-state index contributed by atoms with van der Waals surface area (Å²) in [7, 11) is 0. The molecule has 1 N–H and O–H groups in total. The molecule has 5 heteroatoms. The van der Waals surface area contributed by atoms with Crippen LogP contribution in [0.3, 0.4) is 0 Å². The van der Waals surface area contributed by atoms with Gasteiger partial charge in [-0.15, -0.1) is 10.2 Å². The number of hydrogen-bond acceptors (Lipinski definition) is 5. The van der Waals surface area contributed by atoms with E-state index in [0.29, 0.717) is 0 Å². The van der Waals surface area contributed by atoms with Gasteiger partial charge in [-0.3, -0.25) is 4.98 Å². The van der Waals surface area contributed by atoms with E-state index < -0.39 is 0 Å². The summed E-state index contributed by atoms with van der Waals surface area (Å²) < 4.78 is 0. The molecule has 1 aromatic carbocycles. The normalized spacial score (nSPS) is 15.9. The largest absolute Gasteiger partial charge is 0.353 e. The molecule has 0 bridgehead atoms. The van der Waals surface area contributed by atoms with Crippen LogP contribution in [0.25, 0.3) is 21.8 Å². The summed E-state index contributed by atoms with van der Waals surface area (Å²) in [5, 5.41) is 14.4. The first-order valence-corrected chi connectivity index (χ1v) is 6.89. The van der Waals surface area contributed by atoms with Crippen LogP contribution in [0.4, 0.5) is 5.82 Å². The molecule has 1 aliphatic rings. The molecule has 0 amide bonds. The summed E-state index contributed by atoms with van der Waals surface area (Å²) in [6, 6.07) is 10.2. The summed E-state index contributed by atoms with van der Waals surface area (Å²) in [4.78, 5) is 6.58. The number of nitrogens with one attached hydrogen (secondary N) is 1. The number of anilines is 1. The first kappa shape index (κ1) is 11.5. The lowest BCUT2D eigenvalue weighted by Crippen LogP contribution is -2.43. The number of piperazine rings is 1. The predicted molar refractivity (Wildman–Crippen MR) is 79.9 cm³/mol. The van der Waals surface area contributed by atoms with E-state index in [1.807, 2.05) is 18.3 Å². The Kier molecular flexibility index (Phi) is 2.70. The van der Waals surface area contributed by atoms with Crippen molar-refractivity contribution in [1.82, 2.24) is 20.5 Å². The summed E-state index contributed by atoms with van der Waals surface area (Å²) in [6.45, 7) is 3.94. The van der Waals surface area contributed by atoms with E-state index in [9.17, 15) is 0 Å². The van der Waals surface area contributed by atoms with Gasteiger partial charge in [-0.2, -0.15) is 0 Å². The zero-order chi connectivity index (χ0) is 13.4. The Morgan fingerprint density at radius 3 is 2.70 bits per heavy atom. The zero-order valence-corrected chi connectivity index (χ0v) is 11.1. The van der Waals surface area contributed by atoms with Crippen molar-refractivity contribution in [3.8, 4) is 0 Å². The number of hydrogen-bond donors (Lipinski definition) is 1. The van der Waals surface area contributed by atoms with Crippen molar-refractivity contribution in [2.24, 2.45) is 0 Å². The summed E-state index contributed by atoms with van der Waals surface area (Å²) in [5.74, 6) is 0.940. The lowest BCUT2D eigenvalue weighted by molar-refractivity contribution is 0.583. The van der Waals surface area contributed by atoms with Gasteiger partial charge in [0.05, 0.1) is 5.52 Å². The molecule has 1 aliphatic heterocycles. The lowest BCUT2D eigenvalue weighted by atomic mass is 10.2. The van der Waals surface area contributed by atoms with Crippen LogP contribution < -0.4 is 10.2 Å². The van der Waals surface area contributed by atoms with Gasteiger partial charge >= 0.3 is 0 Å². The Hall–Kier alpha value is -2.27. The van der Waals surface area contributed by atoms with Crippen molar-refractivity contribution in [2.45, 2.75) is 0 Å². The first-order chi connectivity index (χ1) is 9.92. The smallest absolute Gasteiger partial charge is 0.151 e.